The van der Waals surface area contributed by atoms with E-state index in [0.29, 0.717) is 23.6 Å². The summed E-state index contributed by atoms with van der Waals surface area (Å²) in [6.07, 6.45) is 9.37. The molecule has 12 nitrogen and oxygen atoms in total. The Bertz CT molecular complexity index is 1300. The van der Waals surface area contributed by atoms with E-state index in [0.717, 1.165) is 16.5 Å². The molecule has 0 aliphatic heterocycles. The Kier molecular flexibility index (Phi) is 12.6. The highest BCUT2D eigenvalue weighted by Gasteiger charge is 2.31. The molecule has 0 spiro atoms. The molecule has 222 valence electrons. The lowest BCUT2D eigenvalue weighted by Gasteiger charge is -2.25. The van der Waals surface area contributed by atoms with E-state index in [9.17, 15) is 24.3 Å². The number of imidazole rings is 1. The maximum atomic E-state index is 13.4. The molecule has 2 aromatic heterocycles. The van der Waals surface area contributed by atoms with Gasteiger partial charge in [0, 0.05) is 41.8 Å². The lowest BCUT2D eigenvalue weighted by Crippen LogP contribution is -2.58. The number of aromatic nitrogens is 3. The fraction of sp³-hybridized carbons (Fsp3) is 0.444. The molecular formula is C27H37N7O5S2. The van der Waals surface area contributed by atoms with Crippen LogP contribution in [0, 0.1) is 0 Å². The highest BCUT2D eigenvalue weighted by molar-refractivity contribution is 7.98. The van der Waals surface area contributed by atoms with Crippen LogP contribution < -0.4 is 21.7 Å². The fourth-order valence-electron chi connectivity index (χ4n) is 4.25. The van der Waals surface area contributed by atoms with Crippen molar-refractivity contribution in [2.45, 2.75) is 49.9 Å². The zero-order valence-corrected chi connectivity index (χ0v) is 24.6. The number of rotatable bonds is 17. The summed E-state index contributed by atoms with van der Waals surface area (Å²) in [5.74, 6) is -1.66. The summed E-state index contributed by atoms with van der Waals surface area (Å²) in [5.41, 5.74) is 8.23. The molecule has 3 rings (SSSR count). The number of hydrogen-bond donors (Lipinski definition) is 7. The van der Waals surface area contributed by atoms with Crippen molar-refractivity contribution in [1.82, 2.24) is 30.9 Å². The van der Waals surface area contributed by atoms with Crippen LogP contribution in [0.1, 0.15) is 24.1 Å². The Labute approximate surface area is 246 Å². The SMILES string of the molecule is CSCCC(N)C(=O)NC(Cc1cnc[nH]1)C(=O)NC(CCSC)C(=O)NC(Cc1c[nH]c2ccccc12)C(=O)O. The van der Waals surface area contributed by atoms with Crippen molar-refractivity contribution in [2.24, 2.45) is 5.73 Å². The van der Waals surface area contributed by atoms with Gasteiger partial charge >= 0.3 is 5.97 Å². The average molecular weight is 604 g/mol. The van der Waals surface area contributed by atoms with Crippen LogP contribution in [-0.2, 0) is 32.0 Å². The van der Waals surface area contributed by atoms with Crippen molar-refractivity contribution in [3.8, 4) is 0 Å². The lowest BCUT2D eigenvalue weighted by molar-refractivity contribution is -0.142. The first-order chi connectivity index (χ1) is 19.7. The number of benzene rings is 1. The van der Waals surface area contributed by atoms with E-state index < -0.39 is 47.9 Å². The van der Waals surface area contributed by atoms with Gasteiger partial charge in [0.15, 0.2) is 0 Å². The number of nitrogens with two attached hydrogens (primary N) is 1. The fourth-order valence-corrected chi connectivity index (χ4v) is 5.21. The first-order valence-electron chi connectivity index (χ1n) is 13.1. The summed E-state index contributed by atoms with van der Waals surface area (Å²) in [4.78, 5) is 61.6. The van der Waals surface area contributed by atoms with E-state index in [4.69, 9.17) is 5.73 Å². The molecular weight excluding hydrogens is 566 g/mol. The largest absolute Gasteiger partial charge is 0.480 e. The van der Waals surface area contributed by atoms with E-state index in [2.05, 4.69) is 30.9 Å². The molecule has 0 bridgehead atoms. The van der Waals surface area contributed by atoms with E-state index in [1.165, 1.54) is 18.1 Å². The van der Waals surface area contributed by atoms with Crippen LogP contribution >= 0.6 is 23.5 Å². The molecule has 4 atom stereocenters. The van der Waals surface area contributed by atoms with Crippen molar-refractivity contribution in [1.29, 1.82) is 0 Å². The summed E-state index contributed by atoms with van der Waals surface area (Å²) in [6, 6.07) is 3.43. The number of aliphatic carboxylic acids is 1. The van der Waals surface area contributed by atoms with Crippen molar-refractivity contribution in [3.05, 3.63) is 54.2 Å². The Morgan fingerprint density at radius 3 is 2.24 bits per heavy atom. The molecule has 2 heterocycles. The van der Waals surface area contributed by atoms with E-state index in [-0.39, 0.29) is 19.3 Å². The molecule has 3 aromatic rings. The van der Waals surface area contributed by atoms with E-state index in [1.54, 1.807) is 24.2 Å². The van der Waals surface area contributed by atoms with Gasteiger partial charge in [0.2, 0.25) is 17.7 Å². The normalized spacial score (nSPS) is 14.1. The average Bonchev–Trinajstić information content (AvgIpc) is 3.63. The molecule has 4 unspecified atom stereocenters. The Balaban J connectivity index is 1.74. The highest BCUT2D eigenvalue weighted by atomic mass is 32.2. The summed E-state index contributed by atoms with van der Waals surface area (Å²) < 4.78 is 0. The minimum absolute atomic E-state index is 0.0563. The maximum Gasteiger partial charge on any atom is 0.326 e. The highest BCUT2D eigenvalue weighted by Crippen LogP contribution is 2.19. The van der Waals surface area contributed by atoms with Gasteiger partial charge in [-0.3, -0.25) is 14.4 Å². The van der Waals surface area contributed by atoms with Crippen LogP contribution in [-0.4, -0.2) is 91.9 Å². The predicted octanol–water partition coefficient (Wildman–Crippen LogP) is 1.05. The Hall–Kier alpha value is -3.49. The number of carbonyl (C=O) groups is 4. The Morgan fingerprint density at radius 2 is 1.56 bits per heavy atom. The standard InChI is InChI=1S/C27H37N7O5S2/c1-40-9-7-19(28)24(35)33-22(12-17-14-29-15-31-17)26(37)32-21(8-10-41-2)25(36)34-23(27(38)39)11-16-13-30-20-6-4-3-5-18(16)20/h3-6,13-15,19,21-23,30H,7-12,28H2,1-2H3,(H,29,31)(H,32,37)(H,33,35)(H,34,36)(H,38,39). The molecule has 0 fully saturated rings. The van der Waals surface area contributed by atoms with Crippen molar-refractivity contribution < 1.29 is 24.3 Å². The van der Waals surface area contributed by atoms with Gasteiger partial charge < -0.3 is 36.8 Å². The number of hydrogen-bond acceptors (Lipinski definition) is 8. The summed E-state index contributed by atoms with van der Waals surface area (Å²) >= 11 is 3.05. The number of H-pyrrole nitrogens is 2. The second-order valence-corrected chi connectivity index (χ2v) is 11.5. The van der Waals surface area contributed by atoms with Crippen LogP contribution in [0.5, 0.6) is 0 Å². The molecule has 14 heteroatoms. The van der Waals surface area contributed by atoms with Crippen molar-refractivity contribution in [3.63, 3.8) is 0 Å². The minimum atomic E-state index is -1.22. The van der Waals surface area contributed by atoms with Crippen LogP contribution in [0.4, 0.5) is 0 Å². The van der Waals surface area contributed by atoms with Gasteiger partial charge in [0.25, 0.3) is 0 Å². The van der Waals surface area contributed by atoms with Gasteiger partial charge in [-0.15, -0.1) is 0 Å². The van der Waals surface area contributed by atoms with E-state index >= 15 is 0 Å². The van der Waals surface area contributed by atoms with Gasteiger partial charge in [-0.2, -0.15) is 23.5 Å². The number of thioether (sulfide) groups is 2. The molecule has 0 saturated carbocycles. The molecule has 8 N–H and O–H groups in total. The third-order valence-electron chi connectivity index (χ3n) is 6.54. The second-order valence-electron chi connectivity index (χ2n) is 9.54. The molecule has 0 aliphatic carbocycles. The van der Waals surface area contributed by atoms with Crippen molar-refractivity contribution in [2.75, 3.05) is 24.0 Å². The minimum Gasteiger partial charge on any atom is -0.480 e. The molecule has 1 aromatic carbocycles. The number of carboxylic acid groups (broad SMARTS) is 1. The summed E-state index contributed by atoms with van der Waals surface area (Å²) in [7, 11) is 0. The molecule has 3 amide bonds. The van der Waals surface area contributed by atoms with Crippen LogP contribution in [0.25, 0.3) is 10.9 Å². The number of aromatic amines is 2. The van der Waals surface area contributed by atoms with E-state index in [1.807, 2.05) is 36.8 Å². The first kappa shape index (κ1) is 32.0. The third-order valence-corrected chi connectivity index (χ3v) is 7.83. The van der Waals surface area contributed by atoms with Gasteiger partial charge in [0.05, 0.1) is 12.4 Å². The molecule has 0 radical (unpaired) electrons. The van der Waals surface area contributed by atoms with Gasteiger partial charge in [-0.05, 0) is 48.5 Å². The van der Waals surface area contributed by atoms with Crippen molar-refractivity contribution >= 4 is 58.1 Å². The Morgan fingerprint density at radius 1 is 0.902 bits per heavy atom. The number of para-hydroxylation sites is 1. The number of nitrogens with zero attached hydrogens (tertiary/aromatic N) is 1. The zero-order valence-electron chi connectivity index (χ0n) is 23.0. The van der Waals surface area contributed by atoms with Gasteiger partial charge in [-0.25, -0.2) is 9.78 Å². The number of carbonyl (C=O) groups excluding carboxylic acids is 3. The molecule has 0 aliphatic rings. The maximum absolute atomic E-state index is 13.4. The number of amides is 3. The molecule has 41 heavy (non-hydrogen) atoms. The van der Waals surface area contributed by atoms with Crippen LogP contribution in [0.2, 0.25) is 0 Å². The quantitative estimate of drug-likeness (QED) is 0.118. The lowest BCUT2D eigenvalue weighted by atomic mass is 10.0. The molecule has 0 saturated heterocycles. The summed E-state index contributed by atoms with van der Waals surface area (Å²) in [5, 5.41) is 18.8. The summed E-state index contributed by atoms with van der Waals surface area (Å²) in [6.45, 7) is 0. The number of fused-ring (bicyclic) bond motifs is 1. The second kappa shape index (κ2) is 16.1. The first-order valence-corrected chi connectivity index (χ1v) is 15.9. The third kappa shape index (κ3) is 9.54. The predicted molar refractivity (Wildman–Crippen MR) is 162 cm³/mol. The van der Waals surface area contributed by atoms with Gasteiger partial charge in [-0.1, -0.05) is 18.2 Å². The number of carboxylic acids is 1. The monoisotopic (exact) mass is 603 g/mol. The number of nitrogens with one attached hydrogen (secondary N) is 5. The zero-order chi connectivity index (χ0) is 29.8. The van der Waals surface area contributed by atoms with Crippen LogP contribution in [0.3, 0.4) is 0 Å². The topological polar surface area (TPSA) is 195 Å². The van der Waals surface area contributed by atoms with Crippen LogP contribution in [0.15, 0.2) is 43.0 Å². The van der Waals surface area contributed by atoms with Gasteiger partial charge in [0.1, 0.15) is 18.1 Å². The smallest absolute Gasteiger partial charge is 0.326 e.